The third-order valence-corrected chi connectivity index (χ3v) is 5.98. The van der Waals surface area contributed by atoms with E-state index in [4.69, 9.17) is 16.3 Å². The molecule has 3 aromatic carbocycles. The van der Waals surface area contributed by atoms with Crippen LogP contribution in [0.3, 0.4) is 0 Å². The molecule has 0 fully saturated rings. The number of carbonyl (C=O) groups is 2. The first-order valence-electron chi connectivity index (χ1n) is 10.2. The van der Waals surface area contributed by atoms with Crippen molar-refractivity contribution in [2.75, 3.05) is 6.61 Å². The lowest BCUT2D eigenvalue weighted by atomic mass is 9.96. The summed E-state index contributed by atoms with van der Waals surface area (Å²) in [5.74, 6) is -1.84. The average Bonchev–Trinajstić information content (AvgIpc) is 2.76. The SMILES string of the molecule is CCCOc1ccc(-c2cc(C(=O)O)c(F)cc2C)cc1CNC(=O)c1ccc(I)cc1Cl. The number of carboxylic acids is 1. The summed E-state index contributed by atoms with van der Waals surface area (Å²) >= 11 is 8.33. The number of rotatable bonds is 8. The Hall–Kier alpha value is -2.65. The monoisotopic (exact) mass is 581 g/mol. The van der Waals surface area contributed by atoms with Crippen molar-refractivity contribution in [3.8, 4) is 16.9 Å². The van der Waals surface area contributed by atoms with Crippen LogP contribution >= 0.6 is 34.2 Å². The highest BCUT2D eigenvalue weighted by Gasteiger charge is 2.17. The number of nitrogens with one attached hydrogen (secondary N) is 1. The van der Waals surface area contributed by atoms with Crippen molar-refractivity contribution in [1.29, 1.82) is 0 Å². The molecular formula is C25H22ClFINO4. The number of aromatic carboxylic acids is 1. The maximum Gasteiger partial charge on any atom is 0.338 e. The molecule has 0 radical (unpaired) electrons. The number of halogens is 3. The van der Waals surface area contributed by atoms with Gasteiger partial charge in [0.1, 0.15) is 11.6 Å². The fourth-order valence-electron chi connectivity index (χ4n) is 3.33. The number of hydrogen-bond donors (Lipinski definition) is 2. The van der Waals surface area contributed by atoms with Gasteiger partial charge in [-0.1, -0.05) is 24.6 Å². The minimum Gasteiger partial charge on any atom is -0.493 e. The van der Waals surface area contributed by atoms with Crippen LogP contribution < -0.4 is 10.1 Å². The molecule has 0 spiro atoms. The molecule has 0 aliphatic heterocycles. The van der Waals surface area contributed by atoms with E-state index in [1.54, 1.807) is 37.3 Å². The highest BCUT2D eigenvalue weighted by atomic mass is 127. The minimum absolute atomic E-state index is 0.167. The first kappa shape index (κ1) is 25.0. The summed E-state index contributed by atoms with van der Waals surface area (Å²) in [5, 5.41) is 12.5. The van der Waals surface area contributed by atoms with Gasteiger partial charge in [0.2, 0.25) is 0 Å². The van der Waals surface area contributed by atoms with Crippen molar-refractivity contribution in [1.82, 2.24) is 5.32 Å². The van der Waals surface area contributed by atoms with Crippen LogP contribution in [0, 0.1) is 16.3 Å². The quantitative estimate of drug-likeness (QED) is 0.299. The summed E-state index contributed by atoms with van der Waals surface area (Å²) in [7, 11) is 0. The first-order chi connectivity index (χ1) is 15.7. The van der Waals surface area contributed by atoms with Gasteiger partial charge in [0.15, 0.2) is 0 Å². The van der Waals surface area contributed by atoms with Crippen LogP contribution in [-0.4, -0.2) is 23.6 Å². The van der Waals surface area contributed by atoms with E-state index < -0.39 is 17.3 Å². The predicted octanol–water partition coefficient (Wildman–Crippen LogP) is 6.48. The van der Waals surface area contributed by atoms with Gasteiger partial charge in [-0.3, -0.25) is 4.79 Å². The maximum atomic E-state index is 14.0. The number of carbonyl (C=O) groups excluding carboxylic acids is 1. The van der Waals surface area contributed by atoms with E-state index in [0.29, 0.717) is 45.2 Å². The van der Waals surface area contributed by atoms with Crippen LogP contribution in [0.5, 0.6) is 5.75 Å². The third kappa shape index (κ3) is 6.03. The minimum atomic E-state index is -1.33. The number of carboxylic acid groups (broad SMARTS) is 1. The van der Waals surface area contributed by atoms with Gasteiger partial charge in [0, 0.05) is 15.7 Å². The zero-order chi connectivity index (χ0) is 24.1. The second kappa shape index (κ2) is 11.0. The molecule has 0 unspecified atom stereocenters. The summed E-state index contributed by atoms with van der Waals surface area (Å²) in [6.45, 7) is 4.37. The van der Waals surface area contributed by atoms with Gasteiger partial charge < -0.3 is 15.2 Å². The molecule has 0 heterocycles. The number of aryl methyl sites for hydroxylation is 1. The predicted molar refractivity (Wildman–Crippen MR) is 135 cm³/mol. The Bertz CT molecular complexity index is 1220. The van der Waals surface area contributed by atoms with Gasteiger partial charge in [-0.25, -0.2) is 9.18 Å². The fourth-order valence-corrected chi connectivity index (χ4v) is 4.27. The zero-order valence-corrected chi connectivity index (χ0v) is 21.0. The van der Waals surface area contributed by atoms with Crippen molar-refractivity contribution in [2.24, 2.45) is 0 Å². The highest BCUT2D eigenvalue weighted by molar-refractivity contribution is 14.1. The molecular weight excluding hydrogens is 560 g/mol. The molecule has 3 aromatic rings. The molecule has 172 valence electrons. The van der Waals surface area contributed by atoms with Crippen molar-refractivity contribution in [2.45, 2.75) is 26.8 Å². The number of benzene rings is 3. The van der Waals surface area contributed by atoms with Crippen molar-refractivity contribution in [3.05, 3.63) is 85.2 Å². The Kier molecular flexibility index (Phi) is 8.31. The number of hydrogen-bond acceptors (Lipinski definition) is 3. The molecule has 0 aromatic heterocycles. The van der Waals surface area contributed by atoms with Gasteiger partial charge >= 0.3 is 5.97 Å². The van der Waals surface area contributed by atoms with Crippen LogP contribution in [0.1, 0.15) is 45.2 Å². The van der Waals surface area contributed by atoms with Gasteiger partial charge in [-0.15, -0.1) is 0 Å². The summed E-state index contributed by atoms with van der Waals surface area (Å²) in [6.07, 6.45) is 0.810. The summed E-state index contributed by atoms with van der Waals surface area (Å²) < 4.78 is 20.8. The largest absolute Gasteiger partial charge is 0.493 e. The lowest BCUT2D eigenvalue weighted by molar-refractivity contribution is 0.0691. The second-order valence-corrected chi connectivity index (χ2v) is 9.08. The fraction of sp³-hybridized carbons (Fsp3) is 0.200. The van der Waals surface area contributed by atoms with E-state index in [2.05, 4.69) is 27.9 Å². The van der Waals surface area contributed by atoms with Crippen molar-refractivity contribution < 1.29 is 23.8 Å². The molecule has 0 aliphatic carbocycles. The molecule has 5 nitrogen and oxygen atoms in total. The Morgan fingerprint density at radius 3 is 2.55 bits per heavy atom. The topological polar surface area (TPSA) is 75.6 Å². The van der Waals surface area contributed by atoms with E-state index in [-0.39, 0.29) is 12.5 Å². The van der Waals surface area contributed by atoms with E-state index >= 15 is 0 Å². The van der Waals surface area contributed by atoms with E-state index in [9.17, 15) is 19.1 Å². The molecule has 8 heteroatoms. The van der Waals surface area contributed by atoms with Gasteiger partial charge in [0.25, 0.3) is 5.91 Å². The van der Waals surface area contributed by atoms with E-state index in [1.807, 2.05) is 13.0 Å². The van der Waals surface area contributed by atoms with Crippen LogP contribution in [0.15, 0.2) is 48.5 Å². The van der Waals surface area contributed by atoms with E-state index in [0.717, 1.165) is 9.99 Å². The van der Waals surface area contributed by atoms with Crippen molar-refractivity contribution >= 4 is 46.1 Å². The Morgan fingerprint density at radius 2 is 1.88 bits per heavy atom. The molecule has 0 saturated carbocycles. The van der Waals surface area contributed by atoms with Crippen LogP contribution in [0.4, 0.5) is 4.39 Å². The smallest absolute Gasteiger partial charge is 0.338 e. The summed E-state index contributed by atoms with van der Waals surface area (Å²) in [5.41, 5.74) is 2.55. The molecule has 2 N–H and O–H groups in total. The Morgan fingerprint density at radius 1 is 1.12 bits per heavy atom. The van der Waals surface area contributed by atoms with Crippen molar-refractivity contribution in [3.63, 3.8) is 0 Å². The highest BCUT2D eigenvalue weighted by Crippen LogP contribution is 2.31. The van der Waals surface area contributed by atoms with Crippen LogP contribution in [-0.2, 0) is 6.54 Å². The standard InChI is InChI=1S/C25H22ClFINO4/c1-3-8-33-23-7-4-15(19-12-20(25(31)32)22(27)9-14(19)2)10-16(23)13-29-24(30)18-6-5-17(28)11-21(18)26/h4-7,9-12H,3,8,13H2,1-2H3,(H,29,30)(H,31,32). The molecule has 0 bridgehead atoms. The zero-order valence-electron chi connectivity index (χ0n) is 18.0. The van der Waals surface area contributed by atoms with Crippen LogP contribution in [0.25, 0.3) is 11.1 Å². The molecule has 3 rings (SSSR count). The molecule has 33 heavy (non-hydrogen) atoms. The van der Waals surface area contributed by atoms with Gasteiger partial charge in [-0.05, 0) is 95.1 Å². The lowest BCUT2D eigenvalue weighted by Gasteiger charge is -2.15. The van der Waals surface area contributed by atoms with Crippen LogP contribution in [0.2, 0.25) is 5.02 Å². The third-order valence-electron chi connectivity index (χ3n) is 4.99. The average molecular weight is 582 g/mol. The number of ether oxygens (including phenoxy) is 1. The maximum absolute atomic E-state index is 14.0. The normalized spacial score (nSPS) is 10.7. The van der Waals surface area contributed by atoms with Gasteiger partial charge in [-0.2, -0.15) is 0 Å². The second-order valence-electron chi connectivity index (χ2n) is 7.43. The van der Waals surface area contributed by atoms with Gasteiger partial charge in [0.05, 0.1) is 22.8 Å². The molecule has 0 aliphatic rings. The summed E-state index contributed by atoms with van der Waals surface area (Å²) in [4.78, 5) is 24.1. The summed E-state index contributed by atoms with van der Waals surface area (Å²) in [6, 6.07) is 13.1. The van der Waals surface area contributed by atoms with E-state index in [1.165, 1.54) is 12.1 Å². The first-order valence-corrected chi connectivity index (χ1v) is 11.7. The number of amides is 1. The molecule has 0 atom stereocenters. The Labute approximate surface area is 210 Å². The Balaban J connectivity index is 1.95. The lowest BCUT2D eigenvalue weighted by Crippen LogP contribution is -2.23. The molecule has 1 amide bonds. The molecule has 0 saturated heterocycles.